The molecular formula is C25H27N3O5S2. The standard InChI is InChI=1S/C25H27N3O5S2/c1-4-34(29,30)27-21-10-8-19(9-11-21)24-17-25(20-7-5-6-18(2)16-20)28(26-24)35(31,32)23-14-12-22(33-3)13-15-23/h5-16,25,27H,4,17H2,1-3H3/t25-/m0/s1. The van der Waals surface area contributed by atoms with Gasteiger partial charge < -0.3 is 4.74 Å². The average Bonchev–Trinajstić information content (AvgIpc) is 3.31. The van der Waals surface area contributed by atoms with Crippen LogP contribution in [0, 0.1) is 6.92 Å². The Morgan fingerprint density at radius 2 is 1.69 bits per heavy atom. The van der Waals surface area contributed by atoms with Crippen molar-refractivity contribution in [3.05, 3.63) is 89.5 Å². The summed E-state index contributed by atoms with van der Waals surface area (Å²) in [6, 6.07) is 20.2. The molecule has 1 aliphatic heterocycles. The van der Waals surface area contributed by atoms with Crippen LogP contribution in [-0.2, 0) is 20.0 Å². The lowest BCUT2D eigenvalue weighted by molar-refractivity contribution is 0.371. The van der Waals surface area contributed by atoms with Crippen molar-refractivity contribution in [3.63, 3.8) is 0 Å². The molecule has 0 amide bonds. The summed E-state index contributed by atoms with van der Waals surface area (Å²) in [7, 11) is -5.82. The quantitative estimate of drug-likeness (QED) is 0.483. The molecule has 10 heteroatoms. The van der Waals surface area contributed by atoms with Crippen LogP contribution in [0.4, 0.5) is 5.69 Å². The third kappa shape index (κ3) is 5.33. The van der Waals surface area contributed by atoms with Gasteiger partial charge in [-0.2, -0.15) is 17.9 Å². The first-order chi connectivity index (χ1) is 16.6. The van der Waals surface area contributed by atoms with Gasteiger partial charge in [0.15, 0.2) is 0 Å². The highest BCUT2D eigenvalue weighted by Crippen LogP contribution is 2.37. The molecule has 1 atom stereocenters. The van der Waals surface area contributed by atoms with E-state index in [4.69, 9.17) is 4.74 Å². The van der Waals surface area contributed by atoms with Gasteiger partial charge in [0, 0.05) is 12.1 Å². The maximum absolute atomic E-state index is 13.6. The number of ether oxygens (including phenoxy) is 1. The lowest BCUT2D eigenvalue weighted by Crippen LogP contribution is -2.27. The van der Waals surface area contributed by atoms with E-state index in [1.54, 1.807) is 43.3 Å². The summed E-state index contributed by atoms with van der Waals surface area (Å²) in [5, 5.41) is 4.55. The molecule has 3 aromatic rings. The third-order valence-electron chi connectivity index (χ3n) is 5.77. The molecule has 0 radical (unpaired) electrons. The molecule has 0 saturated heterocycles. The van der Waals surface area contributed by atoms with E-state index in [2.05, 4.69) is 9.82 Å². The first kappa shape index (κ1) is 24.7. The normalized spacial score (nSPS) is 16.1. The second-order valence-corrected chi connectivity index (χ2v) is 12.0. The van der Waals surface area contributed by atoms with Crippen LogP contribution >= 0.6 is 0 Å². The summed E-state index contributed by atoms with van der Waals surface area (Å²) < 4.78 is 59.8. The zero-order chi connectivity index (χ0) is 25.2. The van der Waals surface area contributed by atoms with Crippen LogP contribution in [0.1, 0.15) is 36.1 Å². The lowest BCUT2D eigenvalue weighted by atomic mass is 9.98. The Hall–Kier alpha value is -3.37. The van der Waals surface area contributed by atoms with Crippen LogP contribution < -0.4 is 9.46 Å². The number of hydrazone groups is 1. The largest absolute Gasteiger partial charge is 0.497 e. The van der Waals surface area contributed by atoms with Crippen molar-refractivity contribution >= 4 is 31.4 Å². The number of rotatable bonds is 8. The van der Waals surface area contributed by atoms with Gasteiger partial charge in [-0.15, -0.1) is 0 Å². The van der Waals surface area contributed by atoms with E-state index in [1.807, 2.05) is 31.2 Å². The highest BCUT2D eigenvalue weighted by atomic mass is 32.2. The number of benzene rings is 3. The predicted molar refractivity (Wildman–Crippen MR) is 137 cm³/mol. The summed E-state index contributed by atoms with van der Waals surface area (Å²) in [4.78, 5) is 0.116. The number of nitrogens with one attached hydrogen (secondary N) is 1. The van der Waals surface area contributed by atoms with Gasteiger partial charge >= 0.3 is 0 Å². The van der Waals surface area contributed by atoms with Gasteiger partial charge in [-0.1, -0.05) is 42.0 Å². The highest BCUT2D eigenvalue weighted by Gasteiger charge is 2.37. The molecule has 35 heavy (non-hydrogen) atoms. The van der Waals surface area contributed by atoms with Crippen molar-refractivity contribution in [2.75, 3.05) is 17.6 Å². The molecule has 3 aromatic carbocycles. The van der Waals surface area contributed by atoms with Crippen LogP contribution in [0.2, 0.25) is 0 Å². The van der Waals surface area contributed by atoms with Gasteiger partial charge in [-0.25, -0.2) is 8.42 Å². The maximum atomic E-state index is 13.6. The Morgan fingerprint density at radius 1 is 1.00 bits per heavy atom. The maximum Gasteiger partial charge on any atom is 0.279 e. The molecule has 1 aliphatic rings. The van der Waals surface area contributed by atoms with E-state index >= 15 is 0 Å². The molecule has 1 heterocycles. The predicted octanol–water partition coefficient (Wildman–Crippen LogP) is 4.31. The minimum atomic E-state index is -3.95. The smallest absolute Gasteiger partial charge is 0.279 e. The topological polar surface area (TPSA) is 105 Å². The SMILES string of the molecule is CCS(=O)(=O)Nc1ccc(C2=NN(S(=O)(=O)c3ccc(OC)cc3)[C@H](c3cccc(C)c3)C2)cc1. The van der Waals surface area contributed by atoms with Crippen molar-refractivity contribution in [2.45, 2.75) is 31.2 Å². The summed E-state index contributed by atoms with van der Waals surface area (Å²) in [6.07, 6.45) is 0.374. The number of methoxy groups -OCH3 is 1. The molecule has 0 unspecified atom stereocenters. The van der Waals surface area contributed by atoms with E-state index in [0.717, 1.165) is 16.7 Å². The third-order valence-corrected chi connectivity index (χ3v) is 8.78. The number of nitrogens with zero attached hydrogens (tertiary/aromatic N) is 2. The second-order valence-electron chi connectivity index (χ2n) is 8.22. The zero-order valence-electron chi connectivity index (χ0n) is 19.7. The van der Waals surface area contributed by atoms with Gasteiger partial charge in [0.1, 0.15) is 5.75 Å². The molecule has 0 spiro atoms. The summed E-state index contributed by atoms with van der Waals surface area (Å²) in [5.74, 6) is 0.529. The van der Waals surface area contributed by atoms with E-state index in [9.17, 15) is 16.8 Å². The molecule has 0 fully saturated rings. The fourth-order valence-corrected chi connectivity index (χ4v) is 5.92. The summed E-state index contributed by atoms with van der Waals surface area (Å²) in [5.41, 5.74) is 3.61. The van der Waals surface area contributed by atoms with Crippen LogP contribution in [0.3, 0.4) is 0 Å². The van der Waals surface area contributed by atoms with Crippen molar-refractivity contribution in [1.29, 1.82) is 0 Å². The Labute approximate surface area is 206 Å². The Bertz CT molecular complexity index is 1450. The van der Waals surface area contributed by atoms with Gasteiger partial charge in [-0.3, -0.25) is 4.72 Å². The van der Waals surface area contributed by atoms with E-state index in [1.165, 1.54) is 23.7 Å². The van der Waals surface area contributed by atoms with Gasteiger partial charge in [0.05, 0.1) is 29.5 Å². The van der Waals surface area contributed by atoms with E-state index < -0.39 is 26.1 Å². The van der Waals surface area contributed by atoms with E-state index in [0.29, 0.717) is 23.6 Å². The molecule has 8 nitrogen and oxygen atoms in total. The molecule has 0 bridgehead atoms. The van der Waals surface area contributed by atoms with E-state index in [-0.39, 0.29) is 10.6 Å². The molecule has 0 aromatic heterocycles. The molecule has 0 aliphatic carbocycles. The minimum absolute atomic E-state index is 0.0299. The van der Waals surface area contributed by atoms with Crippen LogP contribution in [0.25, 0.3) is 0 Å². The van der Waals surface area contributed by atoms with Gasteiger partial charge in [0.2, 0.25) is 10.0 Å². The molecule has 1 N–H and O–H groups in total. The Balaban J connectivity index is 1.72. The highest BCUT2D eigenvalue weighted by molar-refractivity contribution is 7.92. The van der Waals surface area contributed by atoms with Crippen molar-refractivity contribution in [2.24, 2.45) is 5.10 Å². The zero-order valence-corrected chi connectivity index (χ0v) is 21.3. The Kier molecular flexibility index (Phi) is 6.86. The molecule has 184 valence electrons. The summed E-state index contributed by atoms with van der Waals surface area (Å²) in [6.45, 7) is 3.52. The van der Waals surface area contributed by atoms with Crippen molar-refractivity contribution in [1.82, 2.24) is 4.41 Å². The number of aryl methyl sites for hydroxylation is 1. The minimum Gasteiger partial charge on any atom is -0.497 e. The number of anilines is 1. The second kappa shape index (κ2) is 9.71. The number of sulfonamides is 2. The number of hydrogen-bond acceptors (Lipinski definition) is 6. The fraction of sp³-hybridized carbons (Fsp3) is 0.240. The van der Waals surface area contributed by atoms with Crippen LogP contribution in [0.15, 0.2) is 82.8 Å². The summed E-state index contributed by atoms with van der Waals surface area (Å²) >= 11 is 0. The first-order valence-corrected chi connectivity index (χ1v) is 14.2. The molecule has 0 saturated carbocycles. The molecule has 4 rings (SSSR count). The van der Waals surface area contributed by atoms with Gasteiger partial charge in [-0.05, 0) is 61.4 Å². The van der Waals surface area contributed by atoms with Crippen LogP contribution in [0.5, 0.6) is 5.75 Å². The lowest BCUT2D eigenvalue weighted by Gasteiger charge is -2.23. The average molecular weight is 514 g/mol. The van der Waals surface area contributed by atoms with Crippen LogP contribution in [-0.4, -0.2) is 39.8 Å². The molecular weight excluding hydrogens is 486 g/mol. The number of hydrogen-bond donors (Lipinski definition) is 1. The van der Waals surface area contributed by atoms with Gasteiger partial charge in [0.25, 0.3) is 10.0 Å². The monoisotopic (exact) mass is 513 g/mol. The van der Waals surface area contributed by atoms with Crippen molar-refractivity contribution < 1.29 is 21.6 Å². The van der Waals surface area contributed by atoms with Crippen molar-refractivity contribution in [3.8, 4) is 5.75 Å². The fourth-order valence-electron chi connectivity index (χ4n) is 3.85. The first-order valence-electron chi connectivity index (χ1n) is 11.1. The Morgan fingerprint density at radius 3 is 2.29 bits per heavy atom.